The molecule has 0 bridgehead atoms. The second kappa shape index (κ2) is 6.24. The Morgan fingerprint density at radius 3 is 1.38 bits per heavy atom. The number of fused-ring (bicyclic) bond motifs is 2. The Morgan fingerprint density at radius 1 is 0.517 bits per heavy atom. The molecule has 0 radical (unpaired) electrons. The highest BCUT2D eigenvalue weighted by Crippen LogP contribution is 2.29. The van der Waals surface area contributed by atoms with E-state index >= 15 is 0 Å². The van der Waals surface area contributed by atoms with Gasteiger partial charge < -0.3 is 0 Å². The van der Waals surface area contributed by atoms with Gasteiger partial charge in [0.05, 0.1) is 34.5 Å². The van der Waals surface area contributed by atoms with Crippen LogP contribution in [0.15, 0.2) is 72.8 Å². The third-order valence-electron chi connectivity index (χ3n) is 5.21. The third kappa shape index (κ3) is 2.50. The van der Waals surface area contributed by atoms with E-state index < -0.39 is 0 Å². The van der Waals surface area contributed by atoms with Gasteiger partial charge in [0.15, 0.2) is 0 Å². The van der Waals surface area contributed by atoms with Crippen LogP contribution < -0.4 is 4.90 Å². The lowest BCUT2D eigenvalue weighted by molar-refractivity contribution is 0.0641. The number of amides is 4. The van der Waals surface area contributed by atoms with Crippen LogP contribution in [0.3, 0.4) is 0 Å². The van der Waals surface area contributed by atoms with Gasteiger partial charge in [0.25, 0.3) is 23.6 Å². The van der Waals surface area contributed by atoms with Gasteiger partial charge in [-0.15, -0.1) is 0 Å². The lowest BCUT2D eigenvalue weighted by atomic mass is 10.1. The first-order valence-electron chi connectivity index (χ1n) is 9.08. The van der Waals surface area contributed by atoms with E-state index in [1.165, 1.54) is 4.90 Å². The molecule has 0 fully saturated rings. The number of anilines is 1. The highest BCUT2D eigenvalue weighted by molar-refractivity contribution is 6.34. The van der Waals surface area contributed by atoms with Gasteiger partial charge in [-0.2, -0.15) is 0 Å². The number of hydrogen-bond acceptors (Lipinski definition) is 4. The van der Waals surface area contributed by atoms with Gasteiger partial charge in [-0.3, -0.25) is 24.1 Å². The summed E-state index contributed by atoms with van der Waals surface area (Å²) in [6.45, 7) is 0.120. The Kier molecular flexibility index (Phi) is 3.67. The number of rotatable bonds is 3. The maximum Gasteiger partial charge on any atom is 0.266 e. The van der Waals surface area contributed by atoms with Crippen LogP contribution in [0.5, 0.6) is 0 Å². The summed E-state index contributed by atoms with van der Waals surface area (Å²) in [6.07, 6.45) is 0. The molecular formula is C23H14N2O4. The molecule has 0 N–H and O–H groups in total. The Hall–Kier alpha value is -4.06. The maximum absolute atomic E-state index is 12.6. The normalized spacial score (nSPS) is 15.2. The quantitative estimate of drug-likeness (QED) is 0.652. The van der Waals surface area contributed by atoms with Crippen LogP contribution in [-0.4, -0.2) is 28.5 Å². The minimum absolute atomic E-state index is 0.120. The van der Waals surface area contributed by atoms with Crippen molar-refractivity contribution in [3.8, 4) is 0 Å². The van der Waals surface area contributed by atoms with Crippen LogP contribution in [0.1, 0.15) is 47.0 Å². The fourth-order valence-corrected chi connectivity index (χ4v) is 3.74. The van der Waals surface area contributed by atoms with E-state index in [0.717, 1.165) is 10.5 Å². The van der Waals surface area contributed by atoms with Gasteiger partial charge in [0.1, 0.15) is 0 Å². The summed E-state index contributed by atoms with van der Waals surface area (Å²) in [6, 6.07) is 20.2. The molecule has 29 heavy (non-hydrogen) atoms. The number of imide groups is 2. The largest absolute Gasteiger partial charge is 0.270 e. The smallest absolute Gasteiger partial charge is 0.266 e. The van der Waals surface area contributed by atoms with Gasteiger partial charge in [-0.1, -0.05) is 36.4 Å². The van der Waals surface area contributed by atoms with Crippen molar-refractivity contribution in [3.05, 3.63) is 101 Å². The van der Waals surface area contributed by atoms with Crippen molar-refractivity contribution in [1.29, 1.82) is 0 Å². The van der Waals surface area contributed by atoms with E-state index in [1.807, 2.05) is 0 Å². The van der Waals surface area contributed by atoms with Gasteiger partial charge in [-0.05, 0) is 42.0 Å². The van der Waals surface area contributed by atoms with Crippen LogP contribution in [-0.2, 0) is 6.54 Å². The van der Waals surface area contributed by atoms with E-state index in [-0.39, 0.29) is 30.2 Å². The molecule has 6 nitrogen and oxygen atoms in total. The lowest BCUT2D eigenvalue weighted by Crippen LogP contribution is -2.30. The number of carbonyl (C=O) groups is 4. The Morgan fingerprint density at radius 2 is 0.931 bits per heavy atom. The summed E-state index contributed by atoms with van der Waals surface area (Å²) in [5.41, 5.74) is 2.74. The van der Waals surface area contributed by atoms with E-state index in [4.69, 9.17) is 0 Å². The zero-order valence-electron chi connectivity index (χ0n) is 15.2. The van der Waals surface area contributed by atoms with E-state index in [9.17, 15) is 19.2 Å². The van der Waals surface area contributed by atoms with Crippen molar-refractivity contribution in [2.45, 2.75) is 6.54 Å². The van der Waals surface area contributed by atoms with Crippen molar-refractivity contribution in [2.75, 3.05) is 4.90 Å². The van der Waals surface area contributed by atoms with Crippen LogP contribution in [0.2, 0.25) is 0 Å². The summed E-state index contributed by atoms with van der Waals surface area (Å²) in [5.74, 6) is -1.37. The van der Waals surface area contributed by atoms with Gasteiger partial charge in [-0.25, -0.2) is 4.90 Å². The number of hydrogen-bond donors (Lipinski definition) is 0. The molecule has 3 aromatic rings. The van der Waals surface area contributed by atoms with Crippen molar-refractivity contribution in [3.63, 3.8) is 0 Å². The summed E-state index contributed by atoms with van der Waals surface area (Å²) in [4.78, 5) is 52.5. The Balaban J connectivity index is 1.39. The molecule has 0 spiro atoms. The average Bonchev–Trinajstić information content (AvgIpc) is 3.15. The maximum atomic E-state index is 12.6. The lowest BCUT2D eigenvalue weighted by Gasteiger charge is -2.16. The third-order valence-corrected chi connectivity index (χ3v) is 5.21. The van der Waals surface area contributed by atoms with Gasteiger partial charge >= 0.3 is 0 Å². The van der Waals surface area contributed by atoms with Crippen molar-refractivity contribution >= 4 is 29.3 Å². The van der Waals surface area contributed by atoms with Gasteiger partial charge in [0.2, 0.25) is 0 Å². The van der Waals surface area contributed by atoms with Crippen LogP contribution in [0, 0.1) is 0 Å². The molecule has 0 unspecified atom stereocenters. The van der Waals surface area contributed by atoms with E-state index in [0.29, 0.717) is 27.9 Å². The topological polar surface area (TPSA) is 74.8 Å². The first-order valence-corrected chi connectivity index (χ1v) is 9.08. The molecular weight excluding hydrogens is 368 g/mol. The summed E-state index contributed by atoms with van der Waals surface area (Å²) in [7, 11) is 0. The highest BCUT2D eigenvalue weighted by Gasteiger charge is 2.37. The van der Waals surface area contributed by atoms with E-state index in [2.05, 4.69) is 0 Å². The predicted octanol–water partition coefficient (Wildman–Crippen LogP) is 3.28. The average molecular weight is 382 g/mol. The summed E-state index contributed by atoms with van der Waals surface area (Å²) in [5, 5.41) is 0. The minimum Gasteiger partial charge on any atom is -0.270 e. The molecule has 0 saturated heterocycles. The summed E-state index contributed by atoms with van der Waals surface area (Å²) < 4.78 is 0. The molecule has 2 heterocycles. The van der Waals surface area contributed by atoms with Crippen molar-refractivity contribution in [2.24, 2.45) is 0 Å². The minimum atomic E-state index is -0.362. The van der Waals surface area contributed by atoms with Crippen LogP contribution in [0.4, 0.5) is 5.69 Å². The van der Waals surface area contributed by atoms with Crippen molar-refractivity contribution < 1.29 is 19.2 Å². The Labute approximate surface area is 166 Å². The SMILES string of the molecule is O=C1c2ccccc2C(=O)N1Cc1ccc(N2C(=O)c3ccccc3C2=O)cc1. The Bertz CT molecular complexity index is 1140. The number of nitrogens with zero attached hydrogens (tertiary/aromatic N) is 2. The fourth-order valence-electron chi connectivity index (χ4n) is 3.74. The van der Waals surface area contributed by atoms with Crippen LogP contribution in [0.25, 0.3) is 0 Å². The molecule has 0 saturated carbocycles. The second-order valence-electron chi connectivity index (χ2n) is 6.90. The van der Waals surface area contributed by atoms with Crippen LogP contribution >= 0.6 is 0 Å². The molecule has 3 aromatic carbocycles. The summed E-state index contributed by atoms with van der Waals surface area (Å²) >= 11 is 0. The molecule has 0 aliphatic carbocycles. The molecule has 0 atom stereocenters. The molecule has 5 rings (SSSR count). The molecule has 2 aliphatic heterocycles. The molecule has 2 aliphatic rings. The van der Waals surface area contributed by atoms with Gasteiger partial charge in [0, 0.05) is 0 Å². The molecule has 0 aromatic heterocycles. The monoisotopic (exact) mass is 382 g/mol. The first kappa shape index (κ1) is 17.1. The zero-order valence-corrected chi connectivity index (χ0v) is 15.2. The molecule has 4 amide bonds. The molecule has 6 heteroatoms. The fraction of sp³-hybridized carbons (Fsp3) is 0.0435. The predicted molar refractivity (Wildman–Crippen MR) is 105 cm³/mol. The number of carbonyl (C=O) groups excluding carboxylic acids is 4. The highest BCUT2D eigenvalue weighted by atomic mass is 16.2. The first-order chi connectivity index (χ1) is 14.1. The standard InChI is InChI=1S/C23H14N2O4/c26-20-16-5-1-2-6-17(16)21(27)24(20)13-14-9-11-15(12-10-14)25-22(28)18-7-3-4-8-19(18)23(25)29/h1-12H,13H2. The number of benzene rings is 3. The zero-order chi connectivity index (χ0) is 20.1. The van der Waals surface area contributed by atoms with E-state index in [1.54, 1.807) is 72.8 Å². The second-order valence-corrected chi connectivity index (χ2v) is 6.90. The van der Waals surface area contributed by atoms with Crippen molar-refractivity contribution in [1.82, 2.24) is 4.90 Å². The molecule has 140 valence electrons.